The van der Waals surface area contributed by atoms with E-state index in [9.17, 15) is 4.79 Å². The molecule has 0 aliphatic carbocycles. The Hall–Kier alpha value is -1.03. The van der Waals surface area contributed by atoms with Gasteiger partial charge in [0.05, 0.1) is 10.7 Å². The standard InChI is InChI=1S/C10H5Cl3N2O/c11-6-1-2-7(12)9(5-6)15-10(16)8(13)3-4-14-15/h1-5H. The lowest BCUT2D eigenvalue weighted by Crippen LogP contribution is -2.21. The second-order valence-electron chi connectivity index (χ2n) is 2.99. The first kappa shape index (κ1) is 11.5. The summed E-state index contributed by atoms with van der Waals surface area (Å²) in [6, 6.07) is 6.19. The van der Waals surface area contributed by atoms with Gasteiger partial charge in [0.2, 0.25) is 0 Å². The van der Waals surface area contributed by atoms with Crippen molar-refractivity contribution in [1.82, 2.24) is 9.78 Å². The molecule has 0 aliphatic heterocycles. The molecule has 82 valence electrons. The predicted octanol–water partition coefficient (Wildman–Crippen LogP) is 3.19. The van der Waals surface area contributed by atoms with Crippen molar-refractivity contribution in [3.8, 4) is 5.69 Å². The molecule has 1 aromatic carbocycles. The van der Waals surface area contributed by atoms with Crippen molar-refractivity contribution < 1.29 is 0 Å². The zero-order valence-electron chi connectivity index (χ0n) is 7.82. The SMILES string of the molecule is O=c1c(Cl)ccnn1-c1cc(Cl)ccc1Cl. The van der Waals surface area contributed by atoms with Crippen LogP contribution in [-0.2, 0) is 0 Å². The first-order valence-electron chi connectivity index (χ1n) is 4.29. The summed E-state index contributed by atoms with van der Waals surface area (Å²) in [6.45, 7) is 0. The fourth-order valence-electron chi connectivity index (χ4n) is 1.21. The van der Waals surface area contributed by atoms with E-state index in [0.29, 0.717) is 15.7 Å². The number of hydrogen-bond acceptors (Lipinski definition) is 2. The van der Waals surface area contributed by atoms with E-state index in [0.717, 1.165) is 4.68 Å². The number of hydrogen-bond donors (Lipinski definition) is 0. The number of aromatic nitrogens is 2. The first-order valence-corrected chi connectivity index (χ1v) is 5.42. The van der Waals surface area contributed by atoms with Gasteiger partial charge in [-0.3, -0.25) is 4.79 Å². The van der Waals surface area contributed by atoms with Crippen LogP contribution in [0.2, 0.25) is 15.1 Å². The average molecular weight is 276 g/mol. The van der Waals surface area contributed by atoms with Crippen molar-refractivity contribution in [2.75, 3.05) is 0 Å². The Morgan fingerprint density at radius 2 is 1.81 bits per heavy atom. The predicted molar refractivity (Wildman–Crippen MR) is 64.9 cm³/mol. The topological polar surface area (TPSA) is 34.9 Å². The van der Waals surface area contributed by atoms with E-state index < -0.39 is 5.56 Å². The van der Waals surface area contributed by atoms with Gasteiger partial charge in [-0.2, -0.15) is 9.78 Å². The van der Waals surface area contributed by atoms with Crippen LogP contribution < -0.4 is 5.56 Å². The van der Waals surface area contributed by atoms with Crippen LogP contribution in [0, 0.1) is 0 Å². The molecule has 0 radical (unpaired) electrons. The van der Waals surface area contributed by atoms with Crippen molar-refractivity contribution in [1.29, 1.82) is 0 Å². The Bertz CT molecular complexity index is 595. The summed E-state index contributed by atoms with van der Waals surface area (Å²) >= 11 is 17.5. The molecule has 0 aliphatic rings. The largest absolute Gasteiger partial charge is 0.290 e. The molecule has 0 atom stereocenters. The zero-order chi connectivity index (χ0) is 11.7. The van der Waals surface area contributed by atoms with Crippen molar-refractivity contribution in [2.24, 2.45) is 0 Å². The van der Waals surface area contributed by atoms with Gasteiger partial charge in [0.25, 0.3) is 5.56 Å². The number of halogens is 3. The normalized spacial score (nSPS) is 10.4. The summed E-state index contributed by atoms with van der Waals surface area (Å²) in [5.74, 6) is 0. The maximum atomic E-state index is 11.7. The molecule has 0 saturated carbocycles. The maximum Gasteiger partial charge on any atom is 0.290 e. The smallest absolute Gasteiger partial charge is 0.266 e. The van der Waals surface area contributed by atoms with Crippen LogP contribution in [0.4, 0.5) is 0 Å². The van der Waals surface area contributed by atoms with Gasteiger partial charge < -0.3 is 0 Å². The van der Waals surface area contributed by atoms with Gasteiger partial charge in [-0.15, -0.1) is 0 Å². The highest BCUT2D eigenvalue weighted by Crippen LogP contribution is 2.22. The molecule has 1 aromatic heterocycles. The number of nitrogens with zero attached hydrogens (tertiary/aromatic N) is 2. The minimum Gasteiger partial charge on any atom is -0.266 e. The van der Waals surface area contributed by atoms with Crippen LogP contribution in [0.25, 0.3) is 5.69 Å². The molecule has 0 saturated heterocycles. The van der Waals surface area contributed by atoms with Crippen molar-refractivity contribution >= 4 is 34.8 Å². The molecule has 2 aromatic rings. The van der Waals surface area contributed by atoms with Crippen LogP contribution in [0.5, 0.6) is 0 Å². The molecule has 1 heterocycles. The molecule has 6 heteroatoms. The Morgan fingerprint density at radius 1 is 1.06 bits per heavy atom. The Kier molecular flexibility index (Phi) is 3.19. The molecule has 0 unspecified atom stereocenters. The van der Waals surface area contributed by atoms with Gasteiger partial charge in [0.15, 0.2) is 0 Å². The highest BCUT2D eigenvalue weighted by atomic mass is 35.5. The summed E-state index contributed by atoms with van der Waals surface area (Å²) in [7, 11) is 0. The van der Waals surface area contributed by atoms with E-state index >= 15 is 0 Å². The monoisotopic (exact) mass is 274 g/mol. The van der Waals surface area contributed by atoms with E-state index in [-0.39, 0.29) is 5.02 Å². The van der Waals surface area contributed by atoms with Gasteiger partial charge >= 0.3 is 0 Å². The van der Waals surface area contributed by atoms with E-state index in [2.05, 4.69) is 5.10 Å². The van der Waals surface area contributed by atoms with Crippen LogP contribution in [0.3, 0.4) is 0 Å². The van der Waals surface area contributed by atoms with Gasteiger partial charge in [0, 0.05) is 11.2 Å². The Balaban J connectivity index is 2.72. The fourth-order valence-corrected chi connectivity index (χ4v) is 1.71. The second kappa shape index (κ2) is 4.45. The zero-order valence-corrected chi connectivity index (χ0v) is 10.1. The molecule has 3 nitrogen and oxygen atoms in total. The highest BCUT2D eigenvalue weighted by Gasteiger charge is 2.08. The number of rotatable bonds is 1. The first-order chi connectivity index (χ1) is 7.59. The lowest BCUT2D eigenvalue weighted by molar-refractivity contribution is 0.807. The summed E-state index contributed by atoms with van der Waals surface area (Å²) in [5, 5.41) is 4.80. The molecule has 0 amide bonds. The van der Waals surface area contributed by atoms with Gasteiger partial charge in [-0.1, -0.05) is 34.8 Å². The van der Waals surface area contributed by atoms with Crippen molar-refractivity contribution in [3.63, 3.8) is 0 Å². The Morgan fingerprint density at radius 3 is 2.56 bits per heavy atom. The molecule has 16 heavy (non-hydrogen) atoms. The summed E-state index contributed by atoms with van der Waals surface area (Å²) in [4.78, 5) is 11.7. The van der Waals surface area contributed by atoms with E-state index in [1.807, 2.05) is 0 Å². The summed E-state index contributed by atoms with van der Waals surface area (Å²) in [6.07, 6.45) is 1.42. The van der Waals surface area contributed by atoms with Gasteiger partial charge in [-0.25, -0.2) is 0 Å². The Labute approximate surface area is 106 Å². The lowest BCUT2D eigenvalue weighted by atomic mass is 10.3. The van der Waals surface area contributed by atoms with Crippen LogP contribution >= 0.6 is 34.8 Å². The van der Waals surface area contributed by atoms with E-state index in [4.69, 9.17) is 34.8 Å². The molecular formula is C10H5Cl3N2O. The summed E-state index contributed by atoms with van der Waals surface area (Å²) < 4.78 is 1.11. The average Bonchev–Trinajstić information content (AvgIpc) is 2.26. The molecule has 0 fully saturated rings. The highest BCUT2D eigenvalue weighted by molar-refractivity contribution is 6.34. The maximum absolute atomic E-state index is 11.7. The van der Waals surface area contributed by atoms with Crippen molar-refractivity contribution in [2.45, 2.75) is 0 Å². The molecular weight excluding hydrogens is 270 g/mol. The third-order valence-electron chi connectivity index (χ3n) is 1.94. The molecule has 0 N–H and O–H groups in total. The molecule has 0 spiro atoms. The summed E-state index contributed by atoms with van der Waals surface area (Å²) in [5.41, 5.74) is -0.0324. The number of benzene rings is 1. The van der Waals surface area contributed by atoms with Crippen LogP contribution in [0.1, 0.15) is 0 Å². The van der Waals surface area contributed by atoms with Crippen molar-refractivity contribution in [3.05, 3.63) is 55.9 Å². The molecule has 0 bridgehead atoms. The van der Waals surface area contributed by atoms with E-state index in [1.165, 1.54) is 12.3 Å². The fraction of sp³-hybridized carbons (Fsp3) is 0. The van der Waals surface area contributed by atoms with Crippen LogP contribution in [0.15, 0.2) is 35.3 Å². The quantitative estimate of drug-likeness (QED) is 0.801. The third-order valence-corrected chi connectivity index (χ3v) is 2.78. The van der Waals surface area contributed by atoms with E-state index in [1.54, 1.807) is 18.2 Å². The third kappa shape index (κ3) is 2.07. The minimum atomic E-state index is -0.437. The second-order valence-corrected chi connectivity index (χ2v) is 4.24. The van der Waals surface area contributed by atoms with Gasteiger partial charge in [-0.05, 0) is 24.3 Å². The van der Waals surface area contributed by atoms with Gasteiger partial charge in [0.1, 0.15) is 5.02 Å². The lowest BCUT2D eigenvalue weighted by Gasteiger charge is -2.06. The minimum absolute atomic E-state index is 0.0750. The van der Waals surface area contributed by atoms with Crippen LogP contribution in [-0.4, -0.2) is 9.78 Å². The molecule has 2 rings (SSSR count).